The van der Waals surface area contributed by atoms with Crippen LogP contribution in [0.4, 0.5) is 11.4 Å². The molecule has 0 aliphatic carbocycles. The summed E-state index contributed by atoms with van der Waals surface area (Å²) in [5.41, 5.74) is 1.27. The monoisotopic (exact) mass is 437 g/mol. The third-order valence-electron chi connectivity index (χ3n) is 5.89. The lowest BCUT2D eigenvalue weighted by atomic mass is 10.0. The van der Waals surface area contributed by atoms with Crippen molar-refractivity contribution in [2.24, 2.45) is 5.92 Å². The average molecular weight is 437 g/mol. The molecule has 9 heteroatoms. The lowest BCUT2D eigenvalue weighted by molar-refractivity contribution is -0.128. The van der Waals surface area contributed by atoms with E-state index in [0.29, 0.717) is 41.8 Å². The first-order valence-electron chi connectivity index (χ1n) is 10.5. The molecular weight excluding hydrogens is 414 g/mol. The van der Waals surface area contributed by atoms with Crippen molar-refractivity contribution in [2.45, 2.75) is 12.5 Å². The highest BCUT2D eigenvalue weighted by atomic mass is 16.6. The van der Waals surface area contributed by atoms with Crippen molar-refractivity contribution in [3.63, 3.8) is 0 Å². The van der Waals surface area contributed by atoms with Crippen LogP contribution in [-0.2, 0) is 14.4 Å². The number of benzene rings is 2. The molecule has 1 saturated heterocycles. The summed E-state index contributed by atoms with van der Waals surface area (Å²) in [5.74, 6) is 0.516. The van der Waals surface area contributed by atoms with Gasteiger partial charge in [0.15, 0.2) is 17.6 Å². The maximum Gasteiger partial charge on any atom is 0.262 e. The summed E-state index contributed by atoms with van der Waals surface area (Å²) in [7, 11) is 1.53. The third-order valence-corrected chi connectivity index (χ3v) is 5.89. The lowest BCUT2D eigenvalue weighted by Crippen LogP contribution is -2.51. The van der Waals surface area contributed by atoms with Gasteiger partial charge < -0.3 is 29.3 Å². The Morgan fingerprint density at radius 1 is 1.00 bits per heavy atom. The highest BCUT2D eigenvalue weighted by Crippen LogP contribution is 2.38. The first-order chi connectivity index (χ1) is 15.5. The van der Waals surface area contributed by atoms with Crippen LogP contribution in [-0.4, -0.2) is 57.2 Å². The number of anilines is 2. The molecule has 3 aliphatic heterocycles. The summed E-state index contributed by atoms with van der Waals surface area (Å²) in [6.07, 6.45) is -0.720. The van der Waals surface area contributed by atoms with Crippen molar-refractivity contribution in [1.29, 1.82) is 0 Å². The molecule has 9 nitrogen and oxygen atoms in total. The number of nitrogens with one attached hydrogen (secondary N) is 1. The summed E-state index contributed by atoms with van der Waals surface area (Å²) in [6.45, 7) is 1.28. The van der Waals surface area contributed by atoms with E-state index in [1.807, 2.05) is 6.07 Å². The van der Waals surface area contributed by atoms with E-state index in [9.17, 15) is 14.4 Å². The highest BCUT2D eigenvalue weighted by Gasteiger charge is 2.41. The molecule has 0 spiro atoms. The van der Waals surface area contributed by atoms with E-state index in [1.54, 1.807) is 46.2 Å². The summed E-state index contributed by atoms with van der Waals surface area (Å²) in [5, 5.41) is 2.57. The van der Waals surface area contributed by atoms with Crippen LogP contribution in [0.5, 0.6) is 17.2 Å². The van der Waals surface area contributed by atoms with E-state index < -0.39 is 12.0 Å². The topological polar surface area (TPSA) is 97.4 Å². The quantitative estimate of drug-likeness (QED) is 0.779. The number of amides is 3. The number of carbonyl (C=O) groups excluding carboxylic acids is 3. The first kappa shape index (κ1) is 20.2. The zero-order valence-corrected chi connectivity index (χ0v) is 17.6. The van der Waals surface area contributed by atoms with Gasteiger partial charge in [0, 0.05) is 31.8 Å². The summed E-state index contributed by atoms with van der Waals surface area (Å²) in [4.78, 5) is 41.7. The maximum atomic E-state index is 13.5. The number of ether oxygens (including phenoxy) is 3. The Balaban J connectivity index is 1.38. The van der Waals surface area contributed by atoms with Gasteiger partial charge in [0.2, 0.25) is 11.8 Å². The molecule has 166 valence electrons. The van der Waals surface area contributed by atoms with Gasteiger partial charge in [0.05, 0.1) is 18.2 Å². The van der Waals surface area contributed by atoms with E-state index in [1.165, 1.54) is 7.05 Å². The molecular formula is C23H23N3O6. The fraction of sp³-hybridized carbons (Fsp3) is 0.348. The zero-order valence-electron chi connectivity index (χ0n) is 17.6. The maximum absolute atomic E-state index is 13.5. The number of hydrogen-bond acceptors (Lipinski definition) is 6. The Hall–Kier alpha value is -3.75. The Bertz CT molecular complexity index is 1090. The smallest absolute Gasteiger partial charge is 0.262 e. The second-order valence-corrected chi connectivity index (χ2v) is 7.87. The minimum absolute atomic E-state index is 0.0875. The Morgan fingerprint density at radius 3 is 2.59 bits per heavy atom. The molecule has 2 aromatic rings. The molecule has 3 aliphatic rings. The molecule has 5 rings (SSSR count). The fourth-order valence-electron chi connectivity index (χ4n) is 4.28. The zero-order chi connectivity index (χ0) is 22.2. The van der Waals surface area contributed by atoms with E-state index in [4.69, 9.17) is 14.2 Å². The number of nitrogens with zero attached hydrogens (tertiary/aromatic N) is 2. The van der Waals surface area contributed by atoms with Crippen molar-refractivity contribution in [2.75, 3.05) is 43.2 Å². The molecule has 3 amide bonds. The van der Waals surface area contributed by atoms with Gasteiger partial charge in [-0.3, -0.25) is 14.4 Å². The van der Waals surface area contributed by atoms with Crippen molar-refractivity contribution in [3.8, 4) is 17.2 Å². The first-order valence-corrected chi connectivity index (χ1v) is 10.5. The van der Waals surface area contributed by atoms with Crippen LogP contribution in [0.2, 0.25) is 0 Å². The summed E-state index contributed by atoms with van der Waals surface area (Å²) >= 11 is 0. The molecule has 32 heavy (non-hydrogen) atoms. The fourth-order valence-corrected chi connectivity index (χ4v) is 4.28. The van der Waals surface area contributed by atoms with Crippen LogP contribution in [0, 0.1) is 5.92 Å². The van der Waals surface area contributed by atoms with Gasteiger partial charge in [-0.2, -0.15) is 0 Å². The number of rotatable bonds is 3. The molecule has 0 saturated carbocycles. The molecule has 1 N–H and O–H groups in total. The van der Waals surface area contributed by atoms with E-state index >= 15 is 0 Å². The van der Waals surface area contributed by atoms with E-state index in [0.717, 1.165) is 0 Å². The number of hydrogen-bond donors (Lipinski definition) is 1. The van der Waals surface area contributed by atoms with E-state index in [2.05, 4.69) is 5.32 Å². The molecule has 3 heterocycles. The molecule has 2 atom stereocenters. The Morgan fingerprint density at radius 2 is 1.78 bits per heavy atom. The molecule has 0 radical (unpaired) electrons. The highest BCUT2D eigenvalue weighted by molar-refractivity contribution is 6.05. The minimum atomic E-state index is -0.815. The van der Waals surface area contributed by atoms with Crippen LogP contribution in [0.3, 0.4) is 0 Å². The standard InChI is InChI=1S/C23H23N3O6/c1-24-22(28)20-13-26(16-4-2-3-5-17(16)32-20)23(29)14-10-21(27)25(12-14)15-6-7-18-19(11-15)31-9-8-30-18/h2-7,11,14,20H,8-10,12-13H2,1H3,(H,24,28). The van der Waals surface area contributed by atoms with Crippen LogP contribution >= 0.6 is 0 Å². The van der Waals surface area contributed by atoms with Gasteiger partial charge in [0.25, 0.3) is 5.91 Å². The number of fused-ring (bicyclic) bond motifs is 2. The van der Waals surface area contributed by atoms with Gasteiger partial charge in [0.1, 0.15) is 19.0 Å². The van der Waals surface area contributed by atoms with Gasteiger partial charge >= 0.3 is 0 Å². The average Bonchev–Trinajstić information content (AvgIpc) is 3.23. The third kappa shape index (κ3) is 3.49. The summed E-state index contributed by atoms with van der Waals surface area (Å²) in [6, 6.07) is 12.4. The SMILES string of the molecule is CNC(=O)C1CN(C(=O)C2CC(=O)N(c3ccc4c(c3)OCCO4)C2)c2ccccc2O1. The molecule has 0 aromatic heterocycles. The molecule has 0 bridgehead atoms. The number of likely N-dealkylation sites (N-methyl/N-ethyl adjacent to an activating group) is 1. The van der Waals surface area contributed by atoms with Gasteiger partial charge in [-0.15, -0.1) is 0 Å². The van der Waals surface area contributed by atoms with Crippen LogP contribution < -0.4 is 29.3 Å². The van der Waals surface area contributed by atoms with Crippen LogP contribution in [0.15, 0.2) is 42.5 Å². The van der Waals surface area contributed by atoms with Crippen molar-refractivity contribution in [1.82, 2.24) is 5.32 Å². The Labute approximate surface area is 184 Å². The van der Waals surface area contributed by atoms with Gasteiger partial charge in [-0.25, -0.2) is 0 Å². The van der Waals surface area contributed by atoms with Gasteiger partial charge in [-0.05, 0) is 24.3 Å². The predicted octanol–water partition coefficient (Wildman–Crippen LogP) is 1.35. The van der Waals surface area contributed by atoms with Crippen molar-refractivity contribution < 1.29 is 28.6 Å². The predicted molar refractivity (Wildman–Crippen MR) is 115 cm³/mol. The summed E-state index contributed by atoms with van der Waals surface area (Å²) < 4.78 is 17.0. The minimum Gasteiger partial charge on any atom is -0.486 e. The normalized spacial score (nSPS) is 21.6. The molecule has 2 aromatic carbocycles. The largest absolute Gasteiger partial charge is 0.486 e. The Kier molecular flexibility index (Phi) is 5.08. The van der Waals surface area contributed by atoms with Crippen LogP contribution in [0.25, 0.3) is 0 Å². The van der Waals surface area contributed by atoms with Crippen LogP contribution in [0.1, 0.15) is 6.42 Å². The van der Waals surface area contributed by atoms with Crippen molar-refractivity contribution >= 4 is 29.1 Å². The lowest BCUT2D eigenvalue weighted by Gasteiger charge is -2.35. The second-order valence-electron chi connectivity index (χ2n) is 7.87. The van der Waals surface area contributed by atoms with Crippen molar-refractivity contribution in [3.05, 3.63) is 42.5 Å². The number of carbonyl (C=O) groups is 3. The number of para-hydroxylation sites is 2. The molecule has 1 fully saturated rings. The van der Waals surface area contributed by atoms with E-state index in [-0.39, 0.29) is 37.2 Å². The second kappa shape index (κ2) is 8.07. The molecule has 2 unspecified atom stereocenters. The van der Waals surface area contributed by atoms with Gasteiger partial charge in [-0.1, -0.05) is 12.1 Å².